The molecular formula is C13H11BrClNO. The van der Waals surface area contributed by atoms with Crippen molar-refractivity contribution in [2.45, 2.75) is 6.54 Å². The molecule has 17 heavy (non-hydrogen) atoms. The Hall–Kier alpha value is -1.19. The first-order chi connectivity index (χ1) is 8.15. The number of hydrogen-bond acceptors (Lipinski definition) is 2. The minimum absolute atomic E-state index is 0.249. The minimum Gasteiger partial charge on any atom is -0.508 e. The highest BCUT2D eigenvalue weighted by atomic mass is 79.9. The first-order valence-electron chi connectivity index (χ1n) is 5.12. The second-order valence-corrected chi connectivity index (χ2v) is 4.99. The van der Waals surface area contributed by atoms with Crippen molar-refractivity contribution < 1.29 is 5.11 Å². The van der Waals surface area contributed by atoms with E-state index in [0.29, 0.717) is 11.6 Å². The SMILES string of the molecule is Oc1ccc(Cl)cc1CNc1ccc(Br)cc1. The summed E-state index contributed by atoms with van der Waals surface area (Å²) in [4.78, 5) is 0. The Morgan fingerprint density at radius 1 is 1.12 bits per heavy atom. The van der Waals surface area contributed by atoms with Crippen molar-refractivity contribution in [3.8, 4) is 5.75 Å². The molecule has 4 heteroatoms. The van der Waals surface area contributed by atoms with Gasteiger partial charge in [-0.05, 0) is 42.5 Å². The molecule has 0 aliphatic rings. The summed E-state index contributed by atoms with van der Waals surface area (Å²) in [5.41, 5.74) is 1.77. The van der Waals surface area contributed by atoms with Gasteiger partial charge >= 0.3 is 0 Å². The standard InChI is InChI=1S/C13H11BrClNO/c14-10-1-4-12(5-2-10)16-8-9-7-11(15)3-6-13(9)17/h1-7,16-17H,8H2. The Morgan fingerprint density at radius 3 is 2.53 bits per heavy atom. The van der Waals surface area contributed by atoms with Crippen LogP contribution in [0.15, 0.2) is 46.9 Å². The molecule has 0 fully saturated rings. The van der Waals surface area contributed by atoms with Gasteiger partial charge < -0.3 is 10.4 Å². The molecule has 0 heterocycles. The molecule has 0 spiro atoms. The molecule has 0 bridgehead atoms. The highest BCUT2D eigenvalue weighted by molar-refractivity contribution is 9.10. The summed E-state index contributed by atoms with van der Waals surface area (Å²) in [7, 11) is 0. The average molecular weight is 313 g/mol. The maximum atomic E-state index is 9.65. The van der Waals surface area contributed by atoms with Crippen molar-refractivity contribution in [2.75, 3.05) is 5.32 Å². The second kappa shape index (κ2) is 5.43. The van der Waals surface area contributed by atoms with Crippen LogP contribution in [0.2, 0.25) is 5.02 Å². The van der Waals surface area contributed by atoms with Gasteiger partial charge in [0.1, 0.15) is 5.75 Å². The molecule has 0 saturated heterocycles. The lowest BCUT2D eigenvalue weighted by atomic mass is 10.2. The highest BCUT2D eigenvalue weighted by Gasteiger charge is 2.01. The number of hydrogen-bond donors (Lipinski definition) is 2. The number of phenols is 1. The fraction of sp³-hybridized carbons (Fsp3) is 0.0769. The first kappa shape index (κ1) is 12.3. The molecule has 0 radical (unpaired) electrons. The molecule has 0 aliphatic carbocycles. The Kier molecular flexibility index (Phi) is 3.92. The minimum atomic E-state index is 0.249. The van der Waals surface area contributed by atoms with Gasteiger partial charge in [0.15, 0.2) is 0 Å². The largest absolute Gasteiger partial charge is 0.508 e. The van der Waals surface area contributed by atoms with Crippen LogP contribution >= 0.6 is 27.5 Å². The maximum Gasteiger partial charge on any atom is 0.120 e. The monoisotopic (exact) mass is 311 g/mol. The van der Waals surface area contributed by atoms with Gasteiger partial charge in [0.2, 0.25) is 0 Å². The quantitative estimate of drug-likeness (QED) is 0.879. The fourth-order valence-corrected chi connectivity index (χ4v) is 1.92. The number of rotatable bonds is 3. The van der Waals surface area contributed by atoms with Gasteiger partial charge in [-0.3, -0.25) is 0 Å². The van der Waals surface area contributed by atoms with Gasteiger partial charge in [0, 0.05) is 27.3 Å². The number of benzene rings is 2. The van der Waals surface area contributed by atoms with Crippen LogP contribution in [-0.2, 0) is 6.54 Å². The van der Waals surface area contributed by atoms with Crippen LogP contribution in [-0.4, -0.2) is 5.11 Å². The van der Waals surface area contributed by atoms with Crippen molar-refractivity contribution in [2.24, 2.45) is 0 Å². The number of nitrogens with one attached hydrogen (secondary N) is 1. The van der Waals surface area contributed by atoms with Gasteiger partial charge in [0.05, 0.1) is 0 Å². The number of anilines is 1. The highest BCUT2D eigenvalue weighted by Crippen LogP contribution is 2.23. The lowest BCUT2D eigenvalue weighted by Gasteiger charge is -2.08. The fourth-order valence-electron chi connectivity index (χ4n) is 1.46. The van der Waals surface area contributed by atoms with E-state index in [1.54, 1.807) is 18.2 Å². The lowest BCUT2D eigenvalue weighted by molar-refractivity contribution is 0.469. The van der Waals surface area contributed by atoms with E-state index in [9.17, 15) is 5.11 Å². The molecule has 0 amide bonds. The molecule has 2 aromatic carbocycles. The zero-order valence-electron chi connectivity index (χ0n) is 8.95. The molecular weight excluding hydrogens is 302 g/mol. The lowest BCUT2D eigenvalue weighted by Crippen LogP contribution is -1.99. The second-order valence-electron chi connectivity index (χ2n) is 3.63. The van der Waals surface area contributed by atoms with E-state index in [1.807, 2.05) is 24.3 Å². The Morgan fingerprint density at radius 2 is 1.82 bits per heavy atom. The van der Waals surface area contributed by atoms with Crippen LogP contribution in [0.4, 0.5) is 5.69 Å². The molecule has 2 aromatic rings. The third kappa shape index (κ3) is 3.38. The van der Waals surface area contributed by atoms with Gasteiger partial charge in [0.25, 0.3) is 0 Å². The van der Waals surface area contributed by atoms with Crippen molar-refractivity contribution in [3.63, 3.8) is 0 Å². The molecule has 88 valence electrons. The summed E-state index contributed by atoms with van der Waals surface area (Å²) in [6.45, 7) is 0.536. The van der Waals surface area contributed by atoms with Crippen LogP contribution in [0.5, 0.6) is 5.75 Å². The van der Waals surface area contributed by atoms with E-state index in [0.717, 1.165) is 15.7 Å². The predicted octanol–water partition coefficient (Wildman–Crippen LogP) is 4.42. The number of phenolic OH excluding ortho intramolecular Hbond substituents is 1. The van der Waals surface area contributed by atoms with Crippen LogP contribution in [0, 0.1) is 0 Å². The Labute approximate surface area is 113 Å². The molecule has 0 aromatic heterocycles. The molecule has 0 atom stereocenters. The van der Waals surface area contributed by atoms with E-state index in [2.05, 4.69) is 21.2 Å². The van der Waals surface area contributed by atoms with Gasteiger partial charge in [-0.1, -0.05) is 27.5 Å². The van der Waals surface area contributed by atoms with Gasteiger partial charge in [-0.25, -0.2) is 0 Å². The summed E-state index contributed by atoms with van der Waals surface area (Å²) in [6.07, 6.45) is 0. The molecule has 2 rings (SSSR count). The first-order valence-corrected chi connectivity index (χ1v) is 6.29. The number of halogens is 2. The summed E-state index contributed by atoms with van der Waals surface area (Å²) < 4.78 is 1.04. The normalized spacial score (nSPS) is 10.2. The van der Waals surface area contributed by atoms with Gasteiger partial charge in [-0.15, -0.1) is 0 Å². The van der Waals surface area contributed by atoms with E-state index in [1.165, 1.54) is 0 Å². The molecule has 2 nitrogen and oxygen atoms in total. The average Bonchev–Trinajstić information content (AvgIpc) is 2.32. The zero-order chi connectivity index (χ0) is 12.3. The maximum absolute atomic E-state index is 9.65. The van der Waals surface area contributed by atoms with E-state index in [-0.39, 0.29) is 5.75 Å². The van der Waals surface area contributed by atoms with Crippen molar-refractivity contribution in [3.05, 3.63) is 57.5 Å². The van der Waals surface area contributed by atoms with Gasteiger partial charge in [-0.2, -0.15) is 0 Å². The Balaban J connectivity index is 2.07. The zero-order valence-corrected chi connectivity index (χ0v) is 11.3. The van der Waals surface area contributed by atoms with Crippen molar-refractivity contribution in [1.29, 1.82) is 0 Å². The van der Waals surface area contributed by atoms with E-state index >= 15 is 0 Å². The van der Waals surface area contributed by atoms with Crippen molar-refractivity contribution in [1.82, 2.24) is 0 Å². The topological polar surface area (TPSA) is 32.3 Å². The molecule has 2 N–H and O–H groups in total. The van der Waals surface area contributed by atoms with E-state index < -0.39 is 0 Å². The third-order valence-electron chi connectivity index (χ3n) is 2.37. The van der Waals surface area contributed by atoms with E-state index in [4.69, 9.17) is 11.6 Å². The number of aromatic hydroxyl groups is 1. The van der Waals surface area contributed by atoms with Crippen LogP contribution in [0.25, 0.3) is 0 Å². The smallest absolute Gasteiger partial charge is 0.120 e. The van der Waals surface area contributed by atoms with Crippen LogP contribution < -0.4 is 5.32 Å². The summed E-state index contributed by atoms with van der Waals surface area (Å²) in [6, 6.07) is 12.9. The summed E-state index contributed by atoms with van der Waals surface area (Å²) in [5.74, 6) is 0.249. The molecule has 0 aliphatic heterocycles. The third-order valence-corrected chi connectivity index (χ3v) is 3.13. The molecule has 0 unspecified atom stereocenters. The van der Waals surface area contributed by atoms with Crippen LogP contribution in [0.3, 0.4) is 0 Å². The molecule has 0 saturated carbocycles. The Bertz CT molecular complexity index is 513. The van der Waals surface area contributed by atoms with Crippen molar-refractivity contribution >= 4 is 33.2 Å². The predicted molar refractivity (Wildman–Crippen MR) is 74.6 cm³/mol. The summed E-state index contributed by atoms with van der Waals surface area (Å²) >= 11 is 9.25. The van der Waals surface area contributed by atoms with Crippen LogP contribution in [0.1, 0.15) is 5.56 Å². The summed E-state index contributed by atoms with van der Waals surface area (Å²) in [5, 5.41) is 13.5.